The van der Waals surface area contributed by atoms with Crippen molar-refractivity contribution in [2.24, 2.45) is 0 Å². The zero-order valence-electron chi connectivity index (χ0n) is 9.78. The van der Waals surface area contributed by atoms with Gasteiger partial charge in [-0.15, -0.1) is 0 Å². The number of ether oxygens (including phenoxy) is 3. The van der Waals surface area contributed by atoms with Gasteiger partial charge in [-0.3, -0.25) is 9.59 Å². The van der Waals surface area contributed by atoms with E-state index in [0.717, 1.165) is 0 Å². The number of esters is 1. The van der Waals surface area contributed by atoms with Crippen LogP contribution < -0.4 is 0 Å². The van der Waals surface area contributed by atoms with Gasteiger partial charge in [0.25, 0.3) is 0 Å². The van der Waals surface area contributed by atoms with Crippen LogP contribution in [0.4, 0.5) is 0 Å². The van der Waals surface area contributed by atoms with E-state index in [9.17, 15) is 9.59 Å². The van der Waals surface area contributed by atoms with Crippen LogP contribution in [-0.2, 0) is 23.8 Å². The minimum absolute atomic E-state index is 0.103. The van der Waals surface area contributed by atoms with E-state index in [-0.39, 0.29) is 12.2 Å². The van der Waals surface area contributed by atoms with E-state index < -0.39 is 11.8 Å². The number of hydrogen-bond acceptors (Lipinski definition) is 5. The van der Waals surface area contributed by atoms with Gasteiger partial charge < -0.3 is 14.2 Å². The fraction of sp³-hybridized carbons (Fsp3) is 0.818. The standard InChI is InChI=1S/C11H18O5/c1-11(15-6-7-16-11)5-3-4-9(12)8-10(13)14-2/h3-8H2,1-2H3. The first-order valence-electron chi connectivity index (χ1n) is 5.42. The number of ketones is 1. The molecule has 1 aliphatic heterocycles. The Balaban J connectivity index is 2.15. The van der Waals surface area contributed by atoms with Crippen LogP contribution in [0, 0.1) is 0 Å². The van der Waals surface area contributed by atoms with E-state index in [2.05, 4.69) is 4.74 Å². The quantitative estimate of drug-likeness (QED) is 0.504. The van der Waals surface area contributed by atoms with E-state index in [1.807, 2.05) is 6.92 Å². The number of methoxy groups -OCH3 is 1. The fourth-order valence-corrected chi connectivity index (χ4v) is 1.63. The summed E-state index contributed by atoms with van der Waals surface area (Å²) in [6.07, 6.45) is 1.54. The summed E-state index contributed by atoms with van der Waals surface area (Å²) >= 11 is 0. The first-order chi connectivity index (χ1) is 7.56. The lowest BCUT2D eigenvalue weighted by molar-refractivity contribution is -0.148. The summed E-state index contributed by atoms with van der Waals surface area (Å²) in [5, 5.41) is 0. The van der Waals surface area contributed by atoms with Crippen LogP contribution in [0.2, 0.25) is 0 Å². The first kappa shape index (κ1) is 13.1. The van der Waals surface area contributed by atoms with Gasteiger partial charge in [0, 0.05) is 12.8 Å². The zero-order chi connectivity index (χ0) is 12.0. The minimum Gasteiger partial charge on any atom is -0.469 e. The molecule has 1 aliphatic rings. The number of carbonyl (C=O) groups excluding carboxylic acids is 2. The molecule has 0 bridgehead atoms. The molecule has 0 N–H and O–H groups in total. The second-order valence-electron chi connectivity index (χ2n) is 3.98. The lowest BCUT2D eigenvalue weighted by Gasteiger charge is -2.21. The normalized spacial score (nSPS) is 18.4. The molecule has 0 amide bonds. The van der Waals surface area contributed by atoms with Gasteiger partial charge in [0.05, 0.1) is 20.3 Å². The SMILES string of the molecule is COC(=O)CC(=O)CCCC1(C)OCCO1. The van der Waals surface area contributed by atoms with Crippen molar-refractivity contribution in [3.63, 3.8) is 0 Å². The lowest BCUT2D eigenvalue weighted by Crippen LogP contribution is -2.25. The first-order valence-corrected chi connectivity index (χ1v) is 5.42. The van der Waals surface area contributed by atoms with Crippen molar-refractivity contribution in [2.75, 3.05) is 20.3 Å². The van der Waals surface area contributed by atoms with Crippen molar-refractivity contribution in [1.82, 2.24) is 0 Å². The average Bonchev–Trinajstić information content (AvgIpc) is 2.65. The predicted molar refractivity (Wildman–Crippen MR) is 55.8 cm³/mol. The highest BCUT2D eigenvalue weighted by atomic mass is 16.7. The Bertz CT molecular complexity index is 255. The Labute approximate surface area is 95.0 Å². The van der Waals surface area contributed by atoms with Crippen molar-refractivity contribution in [3.05, 3.63) is 0 Å². The summed E-state index contributed by atoms with van der Waals surface area (Å²) < 4.78 is 15.2. The molecule has 0 aromatic carbocycles. The van der Waals surface area contributed by atoms with Crippen LogP contribution in [0.15, 0.2) is 0 Å². The third-order valence-corrected chi connectivity index (χ3v) is 2.55. The summed E-state index contributed by atoms with van der Waals surface area (Å²) in [4.78, 5) is 22.1. The monoisotopic (exact) mass is 230 g/mol. The van der Waals surface area contributed by atoms with Gasteiger partial charge in [0.1, 0.15) is 12.2 Å². The van der Waals surface area contributed by atoms with Gasteiger partial charge >= 0.3 is 5.97 Å². The van der Waals surface area contributed by atoms with Gasteiger partial charge in [-0.05, 0) is 13.3 Å². The highest BCUT2D eigenvalue weighted by Gasteiger charge is 2.30. The summed E-state index contributed by atoms with van der Waals surface area (Å²) in [5.74, 6) is -1.14. The molecule has 0 saturated carbocycles. The van der Waals surface area contributed by atoms with E-state index in [1.165, 1.54) is 7.11 Å². The summed E-state index contributed by atoms with van der Waals surface area (Å²) in [6.45, 7) is 3.07. The molecule has 0 radical (unpaired) electrons. The van der Waals surface area contributed by atoms with Crippen molar-refractivity contribution >= 4 is 11.8 Å². The number of carbonyl (C=O) groups is 2. The molecule has 0 aromatic rings. The van der Waals surface area contributed by atoms with Gasteiger partial charge in [0.15, 0.2) is 5.79 Å². The molecule has 1 fully saturated rings. The number of hydrogen-bond donors (Lipinski definition) is 0. The highest BCUT2D eigenvalue weighted by molar-refractivity contribution is 5.95. The van der Waals surface area contributed by atoms with E-state index in [0.29, 0.717) is 32.5 Å². The second-order valence-corrected chi connectivity index (χ2v) is 3.98. The topological polar surface area (TPSA) is 61.8 Å². The Hall–Kier alpha value is -0.940. The third kappa shape index (κ3) is 4.28. The molecule has 5 nitrogen and oxygen atoms in total. The Kier molecular flexibility index (Phi) is 4.89. The molecule has 0 aromatic heterocycles. The van der Waals surface area contributed by atoms with Gasteiger partial charge in [-0.1, -0.05) is 0 Å². The molecular formula is C11H18O5. The van der Waals surface area contributed by atoms with Crippen molar-refractivity contribution in [3.8, 4) is 0 Å². The summed E-state index contributed by atoms with van der Waals surface area (Å²) in [5.41, 5.74) is 0. The van der Waals surface area contributed by atoms with Crippen LogP contribution in [0.5, 0.6) is 0 Å². The van der Waals surface area contributed by atoms with E-state index in [4.69, 9.17) is 9.47 Å². The van der Waals surface area contributed by atoms with Crippen molar-refractivity contribution in [1.29, 1.82) is 0 Å². The smallest absolute Gasteiger partial charge is 0.313 e. The maximum absolute atomic E-state index is 11.3. The molecule has 16 heavy (non-hydrogen) atoms. The van der Waals surface area contributed by atoms with Crippen LogP contribution >= 0.6 is 0 Å². The Morgan fingerprint density at radius 2 is 1.94 bits per heavy atom. The molecule has 0 aliphatic carbocycles. The Morgan fingerprint density at radius 3 is 2.50 bits per heavy atom. The van der Waals surface area contributed by atoms with Gasteiger partial charge in [0.2, 0.25) is 0 Å². The molecule has 0 spiro atoms. The number of rotatable bonds is 6. The highest BCUT2D eigenvalue weighted by Crippen LogP contribution is 2.24. The van der Waals surface area contributed by atoms with Gasteiger partial charge in [-0.25, -0.2) is 0 Å². The van der Waals surface area contributed by atoms with Crippen molar-refractivity contribution in [2.45, 2.75) is 38.4 Å². The third-order valence-electron chi connectivity index (χ3n) is 2.55. The predicted octanol–water partition coefficient (Wildman–Crippen LogP) is 1.05. The molecule has 1 saturated heterocycles. The molecule has 92 valence electrons. The van der Waals surface area contributed by atoms with Crippen LogP contribution in [0.25, 0.3) is 0 Å². The second kappa shape index (κ2) is 5.96. The maximum atomic E-state index is 11.3. The van der Waals surface area contributed by atoms with Crippen LogP contribution in [0.3, 0.4) is 0 Å². The molecule has 0 unspecified atom stereocenters. The maximum Gasteiger partial charge on any atom is 0.313 e. The summed E-state index contributed by atoms with van der Waals surface area (Å²) in [6, 6.07) is 0. The van der Waals surface area contributed by atoms with E-state index in [1.54, 1.807) is 0 Å². The van der Waals surface area contributed by atoms with Crippen LogP contribution in [0.1, 0.15) is 32.6 Å². The minimum atomic E-state index is -0.550. The molecule has 1 heterocycles. The molecule has 0 atom stereocenters. The van der Waals surface area contributed by atoms with Crippen molar-refractivity contribution < 1.29 is 23.8 Å². The zero-order valence-corrected chi connectivity index (χ0v) is 9.78. The number of Topliss-reactive ketones (excluding diaryl/α,β-unsaturated/α-hetero) is 1. The average molecular weight is 230 g/mol. The van der Waals surface area contributed by atoms with Crippen LogP contribution in [-0.4, -0.2) is 37.9 Å². The summed E-state index contributed by atoms with van der Waals surface area (Å²) in [7, 11) is 1.27. The lowest BCUT2D eigenvalue weighted by atomic mass is 10.1. The molecule has 5 heteroatoms. The fourth-order valence-electron chi connectivity index (χ4n) is 1.63. The van der Waals surface area contributed by atoms with Gasteiger partial charge in [-0.2, -0.15) is 0 Å². The molecular weight excluding hydrogens is 212 g/mol. The Morgan fingerprint density at radius 1 is 1.31 bits per heavy atom. The largest absolute Gasteiger partial charge is 0.469 e. The van der Waals surface area contributed by atoms with E-state index >= 15 is 0 Å². The molecule has 1 rings (SSSR count).